The monoisotopic (exact) mass is 254 g/mol. The predicted molar refractivity (Wildman–Crippen MR) is 49.0 cm³/mol. The summed E-state index contributed by atoms with van der Waals surface area (Å²) in [7, 11) is 0. The first-order valence-corrected chi connectivity index (χ1v) is 4.28. The second kappa shape index (κ2) is 7.10. The Kier molecular flexibility index (Phi) is 6.17. The fourth-order valence-electron chi connectivity index (χ4n) is 0.956. The van der Waals surface area contributed by atoms with Crippen molar-refractivity contribution in [1.29, 1.82) is 0 Å². The van der Waals surface area contributed by atoms with Gasteiger partial charge in [0.25, 0.3) is 10.2 Å². The molecule has 0 aliphatic heterocycles. The Morgan fingerprint density at radius 3 is 2.12 bits per heavy atom. The summed E-state index contributed by atoms with van der Waals surface area (Å²) in [5, 5.41) is 27.7. The normalized spacial score (nSPS) is 13.5. The minimum Gasteiger partial charge on any atom is -0.313 e. The summed E-state index contributed by atoms with van der Waals surface area (Å²) >= 11 is 0. The van der Waals surface area contributed by atoms with Crippen LogP contribution in [0.4, 0.5) is 0 Å². The fourth-order valence-corrected chi connectivity index (χ4v) is 0.956. The number of nitro groups is 1. The fraction of sp³-hybridized carbons (Fsp3) is 1.00. The van der Waals surface area contributed by atoms with E-state index in [0.717, 1.165) is 0 Å². The Hall–Kier alpha value is -2.24. The maximum atomic E-state index is 10.1. The molecule has 0 heterocycles. The van der Waals surface area contributed by atoms with Gasteiger partial charge in [0.15, 0.2) is 6.23 Å². The minimum absolute atomic E-state index is 0.240. The van der Waals surface area contributed by atoms with Gasteiger partial charge in [0.2, 0.25) is 6.54 Å². The Morgan fingerprint density at radius 2 is 1.71 bits per heavy atom. The first kappa shape index (κ1) is 14.8. The quantitative estimate of drug-likeness (QED) is 0.306. The highest BCUT2D eigenvalue weighted by Gasteiger charge is 2.24. The highest BCUT2D eigenvalue weighted by atomic mass is 17.0. The van der Waals surface area contributed by atoms with Gasteiger partial charge in [-0.15, -0.1) is 20.2 Å². The zero-order valence-corrected chi connectivity index (χ0v) is 8.46. The third kappa shape index (κ3) is 7.66. The first-order valence-electron chi connectivity index (χ1n) is 4.28. The average molecular weight is 254 g/mol. The SMILES string of the molecule is NC(O[N+](=O)[O-])C(CC[N+](=O)[O-])CO[N+](=O)[O-]. The van der Waals surface area contributed by atoms with Crippen molar-refractivity contribution >= 4 is 0 Å². The largest absolute Gasteiger partial charge is 0.313 e. The molecular weight excluding hydrogens is 244 g/mol. The number of hydrogen-bond donors (Lipinski definition) is 1. The number of nitrogens with zero attached hydrogens (tertiary/aromatic N) is 3. The van der Waals surface area contributed by atoms with Gasteiger partial charge in [-0.2, -0.15) is 0 Å². The topological polar surface area (TPSA) is 174 Å². The van der Waals surface area contributed by atoms with Crippen LogP contribution in [0, 0.1) is 36.3 Å². The number of nitrogens with two attached hydrogens (primary N) is 1. The maximum Gasteiger partial charge on any atom is 0.296 e. The Labute approximate surface area is 93.6 Å². The summed E-state index contributed by atoms with van der Waals surface area (Å²) in [5.74, 6) is -1.03. The van der Waals surface area contributed by atoms with E-state index in [0.29, 0.717) is 0 Å². The van der Waals surface area contributed by atoms with Crippen LogP contribution in [0.3, 0.4) is 0 Å². The van der Waals surface area contributed by atoms with Crippen molar-refractivity contribution in [3.05, 3.63) is 30.3 Å². The molecule has 0 rings (SSSR count). The lowest BCUT2D eigenvalue weighted by molar-refractivity contribution is -0.777. The second-order valence-electron chi connectivity index (χ2n) is 2.92. The van der Waals surface area contributed by atoms with E-state index in [9.17, 15) is 30.3 Å². The van der Waals surface area contributed by atoms with E-state index in [1.165, 1.54) is 0 Å². The van der Waals surface area contributed by atoms with Crippen molar-refractivity contribution in [1.82, 2.24) is 0 Å². The van der Waals surface area contributed by atoms with E-state index in [4.69, 9.17) is 5.73 Å². The van der Waals surface area contributed by atoms with Crippen LogP contribution in [0.15, 0.2) is 0 Å². The van der Waals surface area contributed by atoms with Crippen LogP contribution in [-0.4, -0.2) is 34.5 Å². The molecule has 0 aromatic heterocycles. The van der Waals surface area contributed by atoms with Crippen LogP contribution in [-0.2, 0) is 9.68 Å². The smallest absolute Gasteiger partial charge is 0.296 e. The average Bonchev–Trinajstić information content (AvgIpc) is 2.15. The van der Waals surface area contributed by atoms with E-state index in [1.54, 1.807) is 0 Å². The molecule has 0 bridgehead atoms. The molecule has 0 aromatic carbocycles. The van der Waals surface area contributed by atoms with Crippen molar-refractivity contribution in [3.8, 4) is 0 Å². The van der Waals surface area contributed by atoms with Crippen LogP contribution < -0.4 is 5.73 Å². The summed E-state index contributed by atoms with van der Waals surface area (Å²) in [6, 6.07) is 0. The van der Waals surface area contributed by atoms with Crippen molar-refractivity contribution in [3.63, 3.8) is 0 Å². The van der Waals surface area contributed by atoms with Gasteiger partial charge in [-0.05, 0) is 0 Å². The van der Waals surface area contributed by atoms with Crippen LogP contribution in [0.5, 0.6) is 0 Å². The molecule has 0 spiro atoms. The van der Waals surface area contributed by atoms with E-state index >= 15 is 0 Å². The van der Waals surface area contributed by atoms with E-state index in [-0.39, 0.29) is 6.42 Å². The standard InChI is InChI=1S/C5H10N4O8/c6-5(17-9(14)15)4(1-2-7(10)11)3-16-8(12)13/h4-5H,1-3,6H2. The molecule has 12 nitrogen and oxygen atoms in total. The summed E-state index contributed by atoms with van der Waals surface area (Å²) in [6.07, 6.45) is -1.76. The molecule has 0 aliphatic carbocycles. The van der Waals surface area contributed by atoms with Crippen LogP contribution in [0.25, 0.3) is 0 Å². The number of hydrogen-bond acceptors (Lipinski definition) is 9. The summed E-state index contributed by atoms with van der Waals surface area (Å²) in [4.78, 5) is 37.2. The van der Waals surface area contributed by atoms with E-state index in [2.05, 4.69) is 9.68 Å². The van der Waals surface area contributed by atoms with Crippen LogP contribution in [0.2, 0.25) is 0 Å². The summed E-state index contributed by atoms with van der Waals surface area (Å²) in [6.45, 7) is -1.17. The van der Waals surface area contributed by atoms with Gasteiger partial charge in [0.1, 0.15) is 6.61 Å². The molecule has 0 saturated carbocycles. The molecular formula is C5H10N4O8. The molecule has 98 valence electrons. The zero-order chi connectivity index (χ0) is 13.4. The Balaban J connectivity index is 4.31. The molecule has 0 aromatic rings. The molecule has 0 saturated heterocycles. The first-order chi connectivity index (χ1) is 7.82. The van der Waals surface area contributed by atoms with Crippen LogP contribution in [0.1, 0.15) is 6.42 Å². The molecule has 17 heavy (non-hydrogen) atoms. The van der Waals surface area contributed by atoms with Crippen molar-refractivity contribution in [2.45, 2.75) is 12.6 Å². The van der Waals surface area contributed by atoms with Crippen molar-refractivity contribution in [2.24, 2.45) is 11.7 Å². The number of rotatable bonds is 9. The van der Waals surface area contributed by atoms with Gasteiger partial charge >= 0.3 is 0 Å². The van der Waals surface area contributed by atoms with Crippen LogP contribution >= 0.6 is 0 Å². The molecule has 0 fully saturated rings. The minimum atomic E-state index is -1.52. The predicted octanol–water partition coefficient (Wildman–Crippen LogP) is -1.03. The third-order valence-electron chi connectivity index (χ3n) is 1.75. The molecule has 0 radical (unpaired) electrons. The second-order valence-corrected chi connectivity index (χ2v) is 2.92. The highest BCUT2D eigenvalue weighted by molar-refractivity contribution is 4.63. The van der Waals surface area contributed by atoms with Gasteiger partial charge in [0.05, 0.1) is 0 Å². The highest BCUT2D eigenvalue weighted by Crippen LogP contribution is 2.10. The molecule has 0 amide bonds. The van der Waals surface area contributed by atoms with E-state index in [1.807, 2.05) is 0 Å². The lowest BCUT2D eigenvalue weighted by Crippen LogP contribution is -2.38. The third-order valence-corrected chi connectivity index (χ3v) is 1.75. The zero-order valence-electron chi connectivity index (χ0n) is 8.46. The van der Waals surface area contributed by atoms with Gasteiger partial charge in [-0.3, -0.25) is 15.0 Å². The van der Waals surface area contributed by atoms with Gasteiger partial charge in [0, 0.05) is 17.3 Å². The molecule has 12 heteroatoms. The molecule has 0 aliphatic rings. The molecule has 2 atom stereocenters. The maximum absolute atomic E-state index is 10.1. The summed E-state index contributed by atoms with van der Waals surface area (Å²) in [5.41, 5.74) is 5.20. The summed E-state index contributed by atoms with van der Waals surface area (Å²) < 4.78 is 0. The molecule has 2 N–H and O–H groups in total. The van der Waals surface area contributed by atoms with Gasteiger partial charge in [-0.25, -0.2) is 0 Å². The lowest BCUT2D eigenvalue weighted by Gasteiger charge is -2.19. The molecule has 2 unspecified atom stereocenters. The Bertz CT molecular complexity index is 278. The van der Waals surface area contributed by atoms with Gasteiger partial charge in [-0.1, -0.05) is 0 Å². The Morgan fingerprint density at radius 1 is 1.12 bits per heavy atom. The van der Waals surface area contributed by atoms with Crippen molar-refractivity contribution in [2.75, 3.05) is 13.2 Å². The van der Waals surface area contributed by atoms with Gasteiger partial charge < -0.3 is 10.6 Å². The lowest BCUT2D eigenvalue weighted by atomic mass is 10.1. The van der Waals surface area contributed by atoms with E-state index < -0.39 is 40.4 Å². The van der Waals surface area contributed by atoms with Crippen molar-refractivity contribution < 1.29 is 24.8 Å².